The van der Waals surface area contributed by atoms with Crippen LogP contribution in [0, 0.1) is 0 Å². The van der Waals surface area contributed by atoms with Gasteiger partial charge in [0.05, 0.1) is 0 Å². The summed E-state index contributed by atoms with van der Waals surface area (Å²) in [7, 11) is 1.69. The maximum Gasteiger partial charge on any atom is 0.142 e. The second-order valence-corrected chi connectivity index (χ2v) is 2.22. The first-order chi connectivity index (χ1) is 5.38. The molecule has 3 heteroatoms. The molecule has 0 heterocycles. The Kier molecular flexibility index (Phi) is 2.93. The summed E-state index contributed by atoms with van der Waals surface area (Å²) in [5.74, 6) is 0.687. The molecule has 1 rings (SSSR count). The molecule has 1 aromatic rings. The molecule has 11 heavy (non-hydrogen) atoms. The van der Waals surface area contributed by atoms with Gasteiger partial charge in [0.2, 0.25) is 0 Å². The highest BCUT2D eigenvalue weighted by Gasteiger charge is 1.96. The second-order valence-electron chi connectivity index (χ2n) is 2.03. The quantitative estimate of drug-likeness (QED) is 0.386. The van der Waals surface area contributed by atoms with Gasteiger partial charge in [-0.05, 0) is 0 Å². The first kappa shape index (κ1) is 8.08. The molecule has 0 saturated heterocycles. The van der Waals surface area contributed by atoms with Crippen LogP contribution in [0.4, 0.5) is 0 Å². The normalized spacial score (nSPS) is 11.3. The average Bonchev–Trinajstić information content (AvgIpc) is 2.09. The monoisotopic (exact) mass is 168 g/mol. The lowest BCUT2D eigenvalue weighted by Crippen LogP contribution is -2.13. The van der Waals surface area contributed by atoms with Crippen molar-refractivity contribution in [2.45, 2.75) is 0 Å². The fourth-order valence-corrected chi connectivity index (χ4v) is 1.02. The Morgan fingerprint density at radius 3 is 2.45 bits per heavy atom. The van der Waals surface area contributed by atoms with E-state index in [1.807, 2.05) is 30.3 Å². The Hall–Kier alpha value is -1.02. The van der Waals surface area contributed by atoms with E-state index in [-0.39, 0.29) is 0 Å². The van der Waals surface area contributed by atoms with Gasteiger partial charge in [-0.3, -0.25) is 9.83 Å². The van der Waals surface area contributed by atoms with Crippen LogP contribution in [0.15, 0.2) is 35.3 Å². The summed E-state index contributed by atoms with van der Waals surface area (Å²) < 4.78 is 0. The van der Waals surface area contributed by atoms with Gasteiger partial charge >= 0.3 is 0 Å². The van der Waals surface area contributed by atoms with Crippen LogP contribution < -0.4 is 4.84 Å². The number of nitrogens with zero attached hydrogens (tertiary/aromatic N) is 1. The van der Waals surface area contributed by atoms with E-state index in [1.54, 1.807) is 7.05 Å². The third kappa shape index (κ3) is 1.95. The summed E-state index contributed by atoms with van der Waals surface area (Å²) in [4.78, 5) is 6.44. The smallest absolute Gasteiger partial charge is 0.142 e. The van der Waals surface area contributed by atoms with Crippen molar-refractivity contribution in [3.05, 3.63) is 35.9 Å². The molecule has 0 radical (unpaired) electrons. The van der Waals surface area contributed by atoms with E-state index in [0.717, 1.165) is 5.56 Å². The van der Waals surface area contributed by atoms with E-state index in [9.17, 15) is 0 Å². The Labute approximate surface area is 71.0 Å². The van der Waals surface area contributed by atoms with Crippen LogP contribution in [0.3, 0.4) is 0 Å². The van der Waals surface area contributed by atoms with Crippen molar-refractivity contribution in [3.8, 4) is 0 Å². The van der Waals surface area contributed by atoms with Crippen molar-refractivity contribution in [2.24, 2.45) is 4.99 Å². The van der Waals surface area contributed by atoms with E-state index in [1.165, 1.54) is 0 Å². The number of rotatable bonds is 1. The molecule has 0 amide bonds. The standard InChI is InChI=1S/C8H9ClN2/c1-10-8(11-9)7-5-3-2-4-6-7/h2-6H,1H3,(H,10,11). The molecule has 1 N–H and O–H groups in total. The van der Waals surface area contributed by atoms with Gasteiger partial charge in [-0.1, -0.05) is 30.3 Å². The predicted molar refractivity (Wildman–Crippen MR) is 47.9 cm³/mol. The number of aliphatic imine (C=N–C) groups is 1. The zero-order chi connectivity index (χ0) is 8.10. The van der Waals surface area contributed by atoms with Crippen LogP contribution in [0.1, 0.15) is 5.56 Å². The van der Waals surface area contributed by atoms with Crippen molar-refractivity contribution < 1.29 is 0 Å². The molecule has 0 unspecified atom stereocenters. The molecule has 0 aliphatic heterocycles. The molecule has 0 atom stereocenters. The summed E-state index contributed by atoms with van der Waals surface area (Å²) in [6.07, 6.45) is 0. The number of hydrogen-bond donors (Lipinski definition) is 1. The molecule has 0 aliphatic rings. The van der Waals surface area contributed by atoms with E-state index < -0.39 is 0 Å². The molecule has 2 nitrogen and oxygen atoms in total. The second kappa shape index (κ2) is 3.98. The molecule has 58 valence electrons. The average molecular weight is 169 g/mol. The number of halogens is 1. The fourth-order valence-electron chi connectivity index (χ4n) is 0.822. The van der Waals surface area contributed by atoms with Crippen molar-refractivity contribution in [2.75, 3.05) is 7.05 Å². The summed E-state index contributed by atoms with van der Waals surface area (Å²) in [6, 6.07) is 9.71. The van der Waals surface area contributed by atoms with Gasteiger partial charge in [0.25, 0.3) is 0 Å². The first-order valence-electron chi connectivity index (χ1n) is 3.27. The maximum atomic E-state index is 5.42. The minimum Gasteiger partial charge on any atom is -0.282 e. The van der Waals surface area contributed by atoms with E-state index in [4.69, 9.17) is 11.8 Å². The predicted octanol–water partition coefficient (Wildman–Crippen LogP) is 1.81. The lowest BCUT2D eigenvalue weighted by atomic mass is 10.2. The SMILES string of the molecule is CN=C(NCl)c1ccccc1. The van der Waals surface area contributed by atoms with Gasteiger partial charge in [0.15, 0.2) is 0 Å². The van der Waals surface area contributed by atoms with Crippen molar-refractivity contribution in [3.63, 3.8) is 0 Å². The number of amidine groups is 1. The van der Waals surface area contributed by atoms with Crippen LogP contribution in [0.25, 0.3) is 0 Å². The van der Waals surface area contributed by atoms with Gasteiger partial charge in [-0.2, -0.15) is 0 Å². The minimum atomic E-state index is 0.687. The third-order valence-corrected chi connectivity index (χ3v) is 1.54. The first-order valence-corrected chi connectivity index (χ1v) is 3.65. The highest BCUT2D eigenvalue weighted by atomic mass is 35.5. The maximum absolute atomic E-state index is 5.42. The van der Waals surface area contributed by atoms with E-state index in [2.05, 4.69) is 9.83 Å². The molecule has 0 aliphatic carbocycles. The number of benzene rings is 1. The molecule has 0 aromatic heterocycles. The molecule has 0 bridgehead atoms. The lowest BCUT2D eigenvalue weighted by molar-refractivity contribution is 1.33. The summed E-state index contributed by atoms with van der Waals surface area (Å²) >= 11 is 5.42. The largest absolute Gasteiger partial charge is 0.282 e. The zero-order valence-corrected chi connectivity index (χ0v) is 6.97. The van der Waals surface area contributed by atoms with E-state index >= 15 is 0 Å². The molecule has 1 aromatic carbocycles. The minimum absolute atomic E-state index is 0.687. The van der Waals surface area contributed by atoms with Crippen LogP contribution in [0.2, 0.25) is 0 Å². The highest BCUT2D eigenvalue weighted by molar-refractivity contribution is 6.25. The number of nitrogens with one attached hydrogen (secondary N) is 1. The van der Waals surface area contributed by atoms with Crippen molar-refractivity contribution in [1.82, 2.24) is 4.84 Å². The lowest BCUT2D eigenvalue weighted by Gasteiger charge is -2.00. The number of hydrogen-bond acceptors (Lipinski definition) is 1. The van der Waals surface area contributed by atoms with Crippen molar-refractivity contribution in [1.29, 1.82) is 0 Å². The Morgan fingerprint density at radius 1 is 1.36 bits per heavy atom. The van der Waals surface area contributed by atoms with E-state index in [0.29, 0.717) is 5.84 Å². The van der Waals surface area contributed by atoms with Gasteiger partial charge in [0, 0.05) is 24.4 Å². The van der Waals surface area contributed by atoms with Crippen LogP contribution in [-0.4, -0.2) is 12.9 Å². The Bertz CT molecular complexity index is 244. The van der Waals surface area contributed by atoms with Crippen LogP contribution in [-0.2, 0) is 0 Å². The summed E-state index contributed by atoms with van der Waals surface area (Å²) in [5.41, 5.74) is 0.991. The Morgan fingerprint density at radius 2 is 2.00 bits per heavy atom. The zero-order valence-electron chi connectivity index (χ0n) is 6.21. The molecule has 0 saturated carbocycles. The van der Waals surface area contributed by atoms with Crippen LogP contribution in [0.5, 0.6) is 0 Å². The Balaban J connectivity index is 2.92. The van der Waals surface area contributed by atoms with Gasteiger partial charge in [-0.25, -0.2) is 0 Å². The van der Waals surface area contributed by atoms with Gasteiger partial charge in [-0.15, -0.1) is 0 Å². The highest BCUT2D eigenvalue weighted by Crippen LogP contribution is 1.98. The van der Waals surface area contributed by atoms with Crippen LogP contribution >= 0.6 is 11.8 Å². The van der Waals surface area contributed by atoms with Gasteiger partial charge < -0.3 is 0 Å². The molecular formula is C8H9ClN2. The molecule has 0 fully saturated rings. The van der Waals surface area contributed by atoms with Crippen molar-refractivity contribution >= 4 is 17.6 Å². The third-order valence-electron chi connectivity index (χ3n) is 1.36. The summed E-state index contributed by atoms with van der Waals surface area (Å²) in [6.45, 7) is 0. The topological polar surface area (TPSA) is 24.4 Å². The fraction of sp³-hybridized carbons (Fsp3) is 0.125. The summed E-state index contributed by atoms with van der Waals surface area (Å²) in [5, 5.41) is 0. The van der Waals surface area contributed by atoms with Gasteiger partial charge in [0.1, 0.15) is 5.84 Å². The molecular weight excluding hydrogens is 160 g/mol. The molecule has 0 spiro atoms.